The third-order valence-corrected chi connectivity index (χ3v) is 2.59. The Hall–Kier alpha value is -1.01. The number of nitrogens with two attached hydrogens (primary N) is 1. The average molecular weight is 280 g/mol. The first-order chi connectivity index (χ1) is 6.93. The zero-order chi connectivity index (χ0) is 11.6. The first kappa shape index (κ1) is 12.1. The molecule has 1 rings (SSSR count). The van der Waals surface area contributed by atoms with Gasteiger partial charge < -0.3 is 10.8 Å². The molecule has 0 heterocycles. The SMILES string of the molecule is NC(CC(=O)O)c1ccc(F)c(Br)c1F. The van der Waals surface area contributed by atoms with E-state index in [4.69, 9.17) is 10.8 Å². The molecule has 3 N–H and O–H groups in total. The van der Waals surface area contributed by atoms with E-state index in [1.165, 1.54) is 0 Å². The molecule has 0 saturated carbocycles. The summed E-state index contributed by atoms with van der Waals surface area (Å²) in [6.45, 7) is 0. The molecule has 0 radical (unpaired) electrons. The molecule has 0 fully saturated rings. The highest BCUT2D eigenvalue weighted by Crippen LogP contribution is 2.26. The van der Waals surface area contributed by atoms with Crippen molar-refractivity contribution < 1.29 is 18.7 Å². The quantitative estimate of drug-likeness (QED) is 0.834. The van der Waals surface area contributed by atoms with Crippen molar-refractivity contribution >= 4 is 21.9 Å². The van der Waals surface area contributed by atoms with Crippen molar-refractivity contribution in [1.82, 2.24) is 0 Å². The second-order valence-corrected chi connectivity index (χ2v) is 3.76. The molecule has 0 aliphatic rings. The zero-order valence-electron chi connectivity index (χ0n) is 7.51. The lowest BCUT2D eigenvalue weighted by Crippen LogP contribution is -2.16. The number of hydrogen-bond acceptors (Lipinski definition) is 2. The van der Waals surface area contributed by atoms with Gasteiger partial charge in [0.1, 0.15) is 11.6 Å². The van der Waals surface area contributed by atoms with Crippen molar-refractivity contribution in [2.75, 3.05) is 0 Å². The Balaban J connectivity index is 3.05. The van der Waals surface area contributed by atoms with Crippen LogP contribution in [0.5, 0.6) is 0 Å². The molecule has 0 amide bonds. The lowest BCUT2D eigenvalue weighted by Gasteiger charge is -2.11. The van der Waals surface area contributed by atoms with Crippen LogP contribution in [-0.2, 0) is 4.79 Å². The summed E-state index contributed by atoms with van der Waals surface area (Å²) >= 11 is 2.71. The molecule has 15 heavy (non-hydrogen) atoms. The van der Waals surface area contributed by atoms with Gasteiger partial charge in [0, 0.05) is 11.6 Å². The number of aliphatic carboxylic acids is 1. The van der Waals surface area contributed by atoms with Crippen LogP contribution in [0.25, 0.3) is 0 Å². The van der Waals surface area contributed by atoms with Crippen molar-refractivity contribution in [2.24, 2.45) is 5.73 Å². The van der Waals surface area contributed by atoms with Crippen LogP contribution in [0, 0.1) is 11.6 Å². The fourth-order valence-corrected chi connectivity index (χ4v) is 1.49. The summed E-state index contributed by atoms with van der Waals surface area (Å²) in [5.41, 5.74) is 5.43. The second kappa shape index (κ2) is 4.67. The lowest BCUT2D eigenvalue weighted by atomic mass is 10.0. The summed E-state index contributed by atoms with van der Waals surface area (Å²) < 4.78 is 25.9. The molecule has 1 unspecified atom stereocenters. The average Bonchev–Trinajstić information content (AvgIpc) is 2.13. The van der Waals surface area contributed by atoms with Crippen LogP contribution in [0.4, 0.5) is 8.78 Å². The molecule has 0 aliphatic carbocycles. The number of carbonyl (C=O) groups is 1. The van der Waals surface area contributed by atoms with Gasteiger partial charge in [0.2, 0.25) is 0 Å². The second-order valence-electron chi connectivity index (χ2n) is 2.97. The van der Waals surface area contributed by atoms with Gasteiger partial charge in [-0.15, -0.1) is 0 Å². The molecule has 0 spiro atoms. The molecule has 1 atom stereocenters. The van der Waals surface area contributed by atoms with Gasteiger partial charge in [-0.1, -0.05) is 6.07 Å². The molecule has 1 aromatic carbocycles. The Kier molecular flexibility index (Phi) is 3.76. The van der Waals surface area contributed by atoms with E-state index in [-0.39, 0.29) is 10.0 Å². The van der Waals surface area contributed by atoms with Gasteiger partial charge in [-0.05, 0) is 22.0 Å². The van der Waals surface area contributed by atoms with Crippen molar-refractivity contribution in [3.05, 3.63) is 33.8 Å². The van der Waals surface area contributed by atoms with E-state index in [1.807, 2.05) is 0 Å². The minimum Gasteiger partial charge on any atom is -0.481 e. The van der Waals surface area contributed by atoms with Gasteiger partial charge >= 0.3 is 5.97 Å². The van der Waals surface area contributed by atoms with Crippen LogP contribution < -0.4 is 5.73 Å². The Morgan fingerprint density at radius 1 is 1.53 bits per heavy atom. The molecule has 1 aromatic rings. The predicted molar refractivity (Wildman–Crippen MR) is 53.2 cm³/mol. The van der Waals surface area contributed by atoms with Crippen LogP contribution in [0.1, 0.15) is 18.0 Å². The van der Waals surface area contributed by atoms with Gasteiger partial charge in [-0.2, -0.15) is 0 Å². The van der Waals surface area contributed by atoms with Gasteiger partial charge in [-0.3, -0.25) is 4.79 Å². The highest BCUT2D eigenvalue weighted by Gasteiger charge is 2.18. The molecule has 6 heteroatoms. The topological polar surface area (TPSA) is 63.3 Å². The maximum atomic E-state index is 13.4. The largest absolute Gasteiger partial charge is 0.481 e. The minimum absolute atomic E-state index is 0.0225. The molecule has 82 valence electrons. The van der Waals surface area contributed by atoms with E-state index in [9.17, 15) is 13.6 Å². The van der Waals surface area contributed by atoms with E-state index in [1.54, 1.807) is 0 Å². The van der Waals surface area contributed by atoms with E-state index >= 15 is 0 Å². The minimum atomic E-state index is -1.14. The van der Waals surface area contributed by atoms with E-state index < -0.39 is 30.1 Å². The Labute approximate surface area is 93.0 Å². The van der Waals surface area contributed by atoms with Gasteiger partial charge in [0.25, 0.3) is 0 Å². The molecular formula is C9H8BrF2NO2. The number of benzene rings is 1. The normalized spacial score (nSPS) is 12.5. The Morgan fingerprint density at radius 2 is 2.13 bits per heavy atom. The first-order valence-corrected chi connectivity index (χ1v) is 4.83. The molecule has 3 nitrogen and oxygen atoms in total. The number of carboxylic acid groups (broad SMARTS) is 1. The van der Waals surface area contributed by atoms with Gasteiger partial charge in [0.05, 0.1) is 10.9 Å². The van der Waals surface area contributed by atoms with Crippen molar-refractivity contribution in [3.63, 3.8) is 0 Å². The van der Waals surface area contributed by atoms with Crippen molar-refractivity contribution in [2.45, 2.75) is 12.5 Å². The van der Waals surface area contributed by atoms with Crippen molar-refractivity contribution in [3.8, 4) is 0 Å². The monoisotopic (exact) mass is 279 g/mol. The maximum Gasteiger partial charge on any atom is 0.305 e. The molecule has 0 bridgehead atoms. The third-order valence-electron chi connectivity index (χ3n) is 1.86. The fourth-order valence-electron chi connectivity index (χ4n) is 1.13. The Bertz CT molecular complexity index is 398. The van der Waals surface area contributed by atoms with Crippen LogP contribution in [0.15, 0.2) is 16.6 Å². The van der Waals surface area contributed by atoms with Crippen LogP contribution in [0.2, 0.25) is 0 Å². The number of hydrogen-bond donors (Lipinski definition) is 2. The summed E-state index contributed by atoms with van der Waals surface area (Å²) in [7, 11) is 0. The van der Waals surface area contributed by atoms with Crippen molar-refractivity contribution in [1.29, 1.82) is 0 Å². The molecular weight excluding hydrogens is 272 g/mol. The van der Waals surface area contributed by atoms with Crippen LogP contribution >= 0.6 is 15.9 Å². The molecule has 0 saturated heterocycles. The summed E-state index contributed by atoms with van der Waals surface area (Å²) in [4.78, 5) is 10.4. The van der Waals surface area contributed by atoms with Crippen LogP contribution in [-0.4, -0.2) is 11.1 Å². The maximum absolute atomic E-state index is 13.4. The van der Waals surface area contributed by atoms with E-state index in [0.29, 0.717) is 0 Å². The van der Waals surface area contributed by atoms with E-state index in [0.717, 1.165) is 12.1 Å². The van der Waals surface area contributed by atoms with Gasteiger partial charge in [-0.25, -0.2) is 8.78 Å². The van der Waals surface area contributed by atoms with Crippen LogP contribution in [0.3, 0.4) is 0 Å². The summed E-state index contributed by atoms with van der Waals surface area (Å²) in [6.07, 6.45) is -0.408. The number of halogens is 3. The highest BCUT2D eigenvalue weighted by atomic mass is 79.9. The first-order valence-electron chi connectivity index (χ1n) is 4.04. The highest BCUT2D eigenvalue weighted by molar-refractivity contribution is 9.10. The zero-order valence-corrected chi connectivity index (χ0v) is 9.09. The predicted octanol–water partition coefficient (Wildman–Crippen LogP) is 2.20. The smallest absolute Gasteiger partial charge is 0.305 e. The molecule has 0 aliphatic heterocycles. The number of carboxylic acids is 1. The lowest BCUT2D eigenvalue weighted by molar-refractivity contribution is -0.137. The van der Waals surface area contributed by atoms with Gasteiger partial charge in [0.15, 0.2) is 0 Å². The summed E-state index contributed by atoms with van der Waals surface area (Å²) in [6, 6.07) is 1.19. The van der Waals surface area contributed by atoms with E-state index in [2.05, 4.69) is 15.9 Å². The summed E-state index contributed by atoms with van der Waals surface area (Å²) in [5, 5.41) is 8.47. The Morgan fingerprint density at radius 3 is 2.67 bits per heavy atom. The summed E-state index contributed by atoms with van der Waals surface area (Å²) in [5.74, 6) is -2.75. The number of rotatable bonds is 3. The standard InChI is InChI=1S/C9H8BrF2NO2/c10-8-5(11)2-1-4(9(8)12)6(13)3-7(14)15/h1-2,6H,3,13H2,(H,14,15). The fraction of sp³-hybridized carbons (Fsp3) is 0.222. The third kappa shape index (κ3) is 2.73. The molecule has 0 aromatic heterocycles.